The van der Waals surface area contributed by atoms with E-state index in [2.05, 4.69) is 35.9 Å². The van der Waals surface area contributed by atoms with Crippen molar-refractivity contribution in [2.75, 3.05) is 14.9 Å². The van der Waals surface area contributed by atoms with Crippen LogP contribution in [0, 0.1) is 6.92 Å². The van der Waals surface area contributed by atoms with Gasteiger partial charge in [-0.15, -0.1) is 0 Å². The summed E-state index contributed by atoms with van der Waals surface area (Å²) in [6, 6.07) is 13.8. The summed E-state index contributed by atoms with van der Waals surface area (Å²) in [5.74, 6) is -1.33. The van der Waals surface area contributed by atoms with Gasteiger partial charge in [0, 0.05) is 22.1 Å². The van der Waals surface area contributed by atoms with E-state index in [0.717, 1.165) is 9.37 Å². The van der Waals surface area contributed by atoms with Crippen molar-refractivity contribution in [2.24, 2.45) is 0 Å². The zero-order chi connectivity index (χ0) is 23.8. The fourth-order valence-electron chi connectivity index (χ4n) is 2.97. The number of benzene rings is 2. The highest BCUT2D eigenvalue weighted by molar-refractivity contribution is 9.10. The second-order valence-corrected chi connectivity index (χ2v) is 9.86. The van der Waals surface area contributed by atoms with Gasteiger partial charge in [0.1, 0.15) is 10.7 Å². The van der Waals surface area contributed by atoms with E-state index in [-0.39, 0.29) is 21.6 Å². The predicted molar refractivity (Wildman–Crippen MR) is 127 cm³/mol. The van der Waals surface area contributed by atoms with Crippen molar-refractivity contribution < 1.29 is 18.0 Å². The van der Waals surface area contributed by atoms with E-state index in [4.69, 9.17) is 11.6 Å². The monoisotopic (exact) mass is 547 g/mol. The van der Waals surface area contributed by atoms with Gasteiger partial charge in [0.25, 0.3) is 21.8 Å². The van der Waals surface area contributed by atoms with Crippen LogP contribution in [0.25, 0.3) is 0 Å². The molecule has 1 aliphatic rings. The molecule has 2 N–H and O–H groups in total. The second-order valence-electron chi connectivity index (χ2n) is 6.89. The van der Waals surface area contributed by atoms with Gasteiger partial charge < -0.3 is 5.32 Å². The van der Waals surface area contributed by atoms with Crippen LogP contribution in [-0.2, 0) is 19.6 Å². The number of carbonyl (C=O) groups is 2. The van der Waals surface area contributed by atoms with Crippen molar-refractivity contribution >= 4 is 66.7 Å². The molecule has 9 nitrogen and oxygen atoms in total. The summed E-state index contributed by atoms with van der Waals surface area (Å²) in [5.41, 5.74) is 1.24. The summed E-state index contributed by atoms with van der Waals surface area (Å²) in [6.07, 6.45) is 1.45. The van der Waals surface area contributed by atoms with Crippen LogP contribution in [0.2, 0.25) is 0 Å². The minimum atomic E-state index is -3.93. The first-order valence-corrected chi connectivity index (χ1v) is 12.0. The topological polar surface area (TPSA) is 121 Å². The zero-order valence-electron chi connectivity index (χ0n) is 16.9. The van der Waals surface area contributed by atoms with Crippen LogP contribution in [-0.4, -0.2) is 30.2 Å². The van der Waals surface area contributed by atoms with Crippen molar-refractivity contribution in [3.8, 4) is 0 Å². The number of amides is 2. The highest BCUT2D eigenvalue weighted by Crippen LogP contribution is 2.31. The van der Waals surface area contributed by atoms with Crippen LogP contribution in [0.3, 0.4) is 0 Å². The maximum Gasteiger partial charge on any atom is 0.283 e. The summed E-state index contributed by atoms with van der Waals surface area (Å²) in [4.78, 5) is 34.2. The molecule has 1 aliphatic heterocycles. The van der Waals surface area contributed by atoms with E-state index < -0.39 is 21.8 Å². The number of nitrogens with zero attached hydrogens (tertiary/aromatic N) is 3. The van der Waals surface area contributed by atoms with E-state index in [1.807, 2.05) is 0 Å². The first kappa shape index (κ1) is 22.9. The highest BCUT2D eigenvalue weighted by atomic mass is 79.9. The minimum Gasteiger partial charge on any atom is -0.350 e. The fourth-order valence-corrected chi connectivity index (χ4v) is 4.40. The lowest BCUT2D eigenvalue weighted by Crippen LogP contribution is -2.32. The molecule has 0 spiro atoms. The lowest BCUT2D eigenvalue weighted by Gasteiger charge is -2.15. The van der Waals surface area contributed by atoms with E-state index in [1.54, 1.807) is 37.3 Å². The van der Waals surface area contributed by atoms with E-state index >= 15 is 0 Å². The van der Waals surface area contributed by atoms with Gasteiger partial charge in [-0.05, 0) is 61.5 Å². The molecular formula is C21H15BrClN5O4S. The van der Waals surface area contributed by atoms with Gasteiger partial charge in [0.15, 0.2) is 0 Å². The summed E-state index contributed by atoms with van der Waals surface area (Å²) in [7, 11) is -3.93. The highest BCUT2D eigenvalue weighted by Gasteiger charge is 2.38. The third-order valence-electron chi connectivity index (χ3n) is 4.57. The average Bonchev–Trinajstić information content (AvgIpc) is 2.98. The van der Waals surface area contributed by atoms with Crippen LogP contribution < -0.4 is 14.9 Å². The summed E-state index contributed by atoms with van der Waals surface area (Å²) in [6.45, 7) is 1.71. The van der Waals surface area contributed by atoms with Crippen molar-refractivity contribution in [2.45, 2.75) is 11.8 Å². The quantitative estimate of drug-likeness (QED) is 0.450. The Morgan fingerprint density at radius 2 is 1.64 bits per heavy atom. The molecule has 0 bridgehead atoms. The van der Waals surface area contributed by atoms with Crippen LogP contribution in [0.5, 0.6) is 0 Å². The maximum absolute atomic E-state index is 12.8. The summed E-state index contributed by atoms with van der Waals surface area (Å²) >= 11 is 9.43. The Morgan fingerprint density at radius 1 is 0.970 bits per heavy atom. The molecule has 1 aromatic heterocycles. The molecule has 33 heavy (non-hydrogen) atoms. The van der Waals surface area contributed by atoms with Gasteiger partial charge in [-0.25, -0.2) is 28.0 Å². The number of rotatable bonds is 6. The normalized spacial score (nSPS) is 14.1. The molecule has 3 aromatic rings. The Labute approximate surface area is 202 Å². The fraction of sp³-hybridized carbons (Fsp3) is 0.0476. The van der Waals surface area contributed by atoms with Crippen molar-refractivity contribution in [3.63, 3.8) is 0 Å². The SMILES string of the molecule is Cc1ccnc(NS(=O)(=O)c2ccc(NC3=C(Cl)C(=O)N(c4ccc(Br)cc4)C3=O)cc2)n1. The molecule has 168 valence electrons. The molecule has 0 aliphatic carbocycles. The molecule has 12 heteroatoms. The number of aromatic nitrogens is 2. The smallest absolute Gasteiger partial charge is 0.283 e. The van der Waals surface area contributed by atoms with Gasteiger partial charge >= 0.3 is 0 Å². The summed E-state index contributed by atoms with van der Waals surface area (Å²) < 4.78 is 28.3. The second kappa shape index (κ2) is 8.93. The third-order valence-corrected chi connectivity index (χ3v) is 6.79. The number of hydrogen-bond donors (Lipinski definition) is 2. The molecule has 2 aromatic carbocycles. The molecular weight excluding hydrogens is 534 g/mol. The first-order valence-electron chi connectivity index (χ1n) is 9.39. The molecule has 0 fully saturated rings. The average molecular weight is 549 g/mol. The Balaban J connectivity index is 1.52. The Morgan fingerprint density at radius 3 is 2.27 bits per heavy atom. The lowest BCUT2D eigenvalue weighted by atomic mass is 10.3. The largest absolute Gasteiger partial charge is 0.350 e. The molecule has 0 saturated heterocycles. The van der Waals surface area contributed by atoms with Gasteiger partial charge in [0.2, 0.25) is 5.95 Å². The van der Waals surface area contributed by atoms with Crippen molar-refractivity contribution in [1.82, 2.24) is 9.97 Å². The number of halogens is 2. The Kier molecular flexibility index (Phi) is 6.19. The summed E-state index contributed by atoms with van der Waals surface area (Å²) in [5, 5.41) is 2.54. The molecule has 0 atom stereocenters. The Bertz CT molecular complexity index is 1390. The molecule has 2 amide bonds. The van der Waals surface area contributed by atoms with Crippen molar-refractivity contribution in [3.05, 3.63) is 81.7 Å². The zero-order valence-corrected chi connectivity index (χ0v) is 20.1. The first-order chi connectivity index (χ1) is 15.7. The van der Waals surface area contributed by atoms with E-state index in [0.29, 0.717) is 17.1 Å². The molecule has 0 unspecified atom stereocenters. The van der Waals surface area contributed by atoms with Gasteiger partial charge in [-0.2, -0.15) is 0 Å². The van der Waals surface area contributed by atoms with Gasteiger partial charge in [-0.3, -0.25) is 9.59 Å². The molecule has 0 saturated carbocycles. The molecule has 4 rings (SSSR count). The number of carbonyl (C=O) groups excluding carboxylic acids is 2. The van der Waals surface area contributed by atoms with Crippen LogP contribution >= 0.6 is 27.5 Å². The van der Waals surface area contributed by atoms with Gasteiger partial charge in [0.05, 0.1) is 10.6 Å². The number of nitrogens with one attached hydrogen (secondary N) is 2. The minimum absolute atomic E-state index is 0.0384. The predicted octanol–water partition coefficient (Wildman–Crippen LogP) is 3.78. The maximum atomic E-state index is 12.8. The lowest BCUT2D eigenvalue weighted by molar-refractivity contribution is -0.120. The molecule has 2 heterocycles. The number of sulfonamides is 1. The number of imide groups is 1. The number of anilines is 3. The van der Waals surface area contributed by atoms with Crippen molar-refractivity contribution in [1.29, 1.82) is 0 Å². The molecule has 0 radical (unpaired) electrons. The Hall–Kier alpha value is -3.28. The number of aryl methyl sites for hydroxylation is 1. The van der Waals surface area contributed by atoms with Crippen LogP contribution in [0.4, 0.5) is 17.3 Å². The van der Waals surface area contributed by atoms with Gasteiger partial charge in [-0.1, -0.05) is 27.5 Å². The number of hydrogen-bond acceptors (Lipinski definition) is 7. The third kappa shape index (κ3) is 4.75. The van der Waals surface area contributed by atoms with E-state index in [9.17, 15) is 18.0 Å². The van der Waals surface area contributed by atoms with Crippen LogP contribution in [0.1, 0.15) is 5.69 Å². The van der Waals surface area contributed by atoms with Crippen LogP contribution in [0.15, 0.2) is 80.9 Å². The van der Waals surface area contributed by atoms with E-state index in [1.165, 1.54) is 30.5 Å². The standard InChI is InChI=1S/C21H15BrClN5O4S/c1-12-10-11-24-21(25-12)27-33(31,32)16-8-4-14(5-9-16)26-18-17(23)19(29)28(20(18)30)15-6-2-13(22)3-7-15/h2-11,26H,1H3,(H,24,25,27).